The molecule has 2 heterocycles. The van der Waals surface area contributed by atoms with Crippen molar-refractivity contribution in [2.45, 2.75) is 18.8 Å². The number of halogens is 4. The van der Waals surface area contributed by atoms with Gasteiger partial charge in [0.1, 0.15) is 11.6 Å². The number of anilines is 1. The summed E-state index contributed by atoms with van der Waals surface area (Å²) in [5.74, 6) is -1.39. The van der Waals surface area contributed by atoms with E-state index in [2.05, 4.69) is 15.0 Å². The van der Waals surface area contributed by atoms with Gasteiger partial charge in [0.25, 0.3) is 5.91 Å². The molecule has 1 aliphatic rings. The van der Waals surface area contributed by atoms with Crippen molar-refractivity contribution in [2.24, 2.45) is 0 Å². The summed E-state index contributed by atoms with van der Waals surface area (Å²) in [4.78, 5) is 18.6. The molecule has 29 heavy (non-hydrogen) atoms. The maximum Gasteiger partial charge on any atom is 0.573 e. The van der Waals surface area contributed by atoms with Crippen LogP contribution in [-0.2, 0) is 0 Å². The van der Waals surface area contributed by atoms with E-state index in [0.717, 1.165) is 6.07 Å². The van der Waals surface area contributed by atoms with Crippen LogP contribution >= 0.6 is 11.3 Å². The zero-order valence-corrected chi connectivity index (χ0v) is 15.7. The Kier molecular flexibility index (Phi) is 5.03. The second-order valence-corrected chi connectivity index (χ2v) is 7.59. The third-order valence-corrected chi connectivity index (χ3v) is 5.45. The Hall–Kier alpha value is -2.88. The summed E-state index contributed by atoms with van der Waals surface area (Å²) in [5, 5.41) is 3.82. The van der Waals surface area contributed by atoms with E-state index in [1.807, 2.05) is 0 Å². The van der Waals surface area contributed by atoms with Crippen LogP contribution in [0.2, 0.25) is 0 Å². The number of benzene rings is 2. The summed E-state index contributed by atoms with van der Waals surface area (Å²) in [6, 6.07) is 9.51. The third kappa shape index (κ3) is 4.42. The molecule has 0 bridgehead atoms. The second kappa shape index (κ2) is 7.51. The molecule has 1 fully saturated rings. The van der Waals surface area contributed by atoms with Crippen molar-refractivity contribution < 1.29 is 27.1 Å². The zero-order valence-electron chi connectivity index (χ0n) is 14.9. The zero-order chi connectivity index (χ0) is 20.6. The van der Waals surface area contributed by atoms with E-state index in [9.17, 15) is 22.4 Å². The van der Waals surface area contributed by atoms with Gasteiger partial charge in [-0.25, -0.2) is 9.37 Å². The van der Waals surface area contributed by atoms with Gasteiger partial charge in [-0.2, -0.15) is 0 Å². The van der Waals surface area contributed by atoms with Crippen molar-refractivity contribution in [3.8, 4) is 5.75 Å². The van der Waals surface area contributed by atoms with E-state index in [1.54, 1.807) is 6.07 Å². The van der Waals surface area contributed by atoms with Gasteiger partial charge < -0.3 is 15.0 Å². The van der Waals surface area contributed by atoms with Crippen molar-refractivity contribution in [2.75, 3.05) is 18.4 Å². The summed E-state index contributed by atoms with van der Waals surface area (Å²) in [5.41, 5.74) is 0.531. The van der Waals surface area contributed by atoms with E-state index in [4.69, 9.17) is 0 Å². The molecule has 152 valence electrons. The molecule has 1 unspecified atom stereocenters. The van der Waals surface area contributed by atoms with Crippen molar-refractivity contribution in [1.29, 1.82) is 0 Å². The first kappa shape index (κ1) is 19.4. The number of nitrogens with one attached hydrogen (secondary N) is 1. The number of hydrogen-bond acceptors (Lipinski definition) is 5. The first-order valence-electron chi connectivity index (χ1n) is 8.75. The Labute approximate surface area is 166 Å². The van der Waals surface area contributed by atoms with Gasteiger partial charge in [0, 0.05) is 19.1 Å². The molecule has 3 aromatic rings. The molecule has 0 radical (unpaired) electrons. The van der Waals surface area contributed by atoms with Gasteiger partial charge in [-0.05, 0) is 36.8 Å². The van der Waals surface area contributed by atoms with Crippen LogP contribution in [-0.4, -0.2) is 41.3 Å². The predicted octanol–water partition coefficient (Wildman–Crippen LogP) is 4.66. The standard InChI is InChI=1S/C19H15F4N3O2S/c20-11-5-6-14-16(9-11)29-18(25-14)24-12-7-8-26(10-12)17(27)13-3-1-2-4-15(13)28-19(21,22)23/h1-6,9,12H,7-8,10H2,(H,24,25). The van der Waals surface area contributed by atoms with E-state index < -0.39 is 18.0 Å². The molecule has 4 rings (SSSR count). The SMILES string of the molecule is O=C(c1ccccc1OC(F)(F)F)N1CCC(Nc2nc3ccc(F)cc3s2)C1. The number of para-hydroxylation sites is 1. The summed E-state index contributed by atoms with van der Waals surface area (Å²) in [7, 11) is 0. The average Bonchev–Trinajstić information content (AvgIpc) is 3.26. The molecule has 1 N–H and O–H groups in total. The first-order valence-corrected chi connectivity index (χ1v) is 9.57. The number of nitrogens with zero attached hydrogens (tertiary/aromatic N) is 2. The number of aromatic nitrogens is 1. The van der Waals surface area contributed by atoms with Crippen LogP contribution < -0.4 is 10.1 Å². The van der Waals surface area contributed by atoms with Crippen LogP contribution in [0.1, 0.15) is 16.8 Å². The summed E-state index contributed by atoms with van der Waals surface area (Å²) in [6.45, 7) is 0.694. The maximum atomic E-state index is 13.3. The predicted molar refractivity (Wildman–Crippen MR) is 101 cm³/mol. The molecule has 5 nitrogen and oxygen atoms in total. The van der Waals surface area contributed by atoms with Crippen LogP contribution in [0.3, 0.4) is 0 Å². The highest BCUT2D eigenvalue weighted by Crippen LogP contribution is 2.30. The fourth-order valence-corrected chi connectivity index (χ4v) is 4.19. The normalized spacial score (nSPS) is 17.0. The average molecular weight is 425 g/mol. The highest BCUT2D eigenvalue weighted by Gasteiger charge is 2.34. The van der Waals surface area contributed by atoms with Crippen molar-refractivity contribution in [3.63, 3.8) is 0 Å². The van der Waals surface area contributed by atoms with Gasteiger partial charge in [0.15, 0.2) is 5.13 Å². The molecular weight excluding hydrogens is 410 g/mol. The molecule has 1 aliphatic heterocycles. The highest BCUT2D eigenvalue weighted by molar-refractivity contribution is 7.22. The van der Waals surface area contributed by atoms with Gasteiger partial charge in [-0.3, -0.25) is 4.79 Å². The minimum atomic E-state index is -4.88. The Morgan fingerprint density at radius 3 is 2.83 bits per heavy atom. The summed E-state index contributed by atoms with van der Waals surface area (Å²) in [6.07, 6.45) is -4.27. The van der Waals surface area contributed by atoms with Crippen molar-refractivity contribution in [3.05, 3.63) is 53.8 Å². The monoisotopic (exact) mass is 425 g/mol. The Morgan fingerprint density at radius 2 is 2.03 bits per heavy atom. The van der Waals surface area contributed by atoms with E-state index in [1.165, 1.54) is 46.6 Å². The maximum absolute atomic E-state index is 13.3. The molecule has 1 amide bonds. The molecule has 2 aromatic carbocycles. The minimum Gasteiger partial charge on any atom is -0.405 e. The lowest BCUT2D eigenvalue weighted by Crippen LogP contribution is -2.32. The van der Waals surface area contributed by atoms with Crippen molar-refractivity contribution >= 4 is 32.6 Å². The number of rotatable bonds is 4. The molecule has 0 aliphatic carbocycles. The largest absolute Gasteiger partial charge is 0.573 e. The highest BCUT2D eigenvalue weighted by atomic mass is 32.1. The topological polar surface area (TPSA) is 54.5 Å². The number of hydrogen-bond donors (Lipinski definition) is 1. The van der Waals surface area contributed by atoms with E-state index in [-0.39, 0.29) is 17.4 Å². The molecular formula is C19H15F4N3O2S. The smallest absolute Gasteiger partial charge is 0.405 e. The van der Waals surface area contributed by atoms with Gasteiger partial charge in [0.05, 0.1) is 15.8 Å². The van der Waals surface area contributed by atoms with Crippen LogP contribution in [0.5, 0.6) is 5.75 Å². The number of amides is 1. The van der Waals surface area contributed by atoms with Crippen molar-refractivity contribution in [1.82, 2.24) is 9.88 Å². The minimum absolute atomic E-state index is 0.111. The Bertz CT molecular complexity index is 1050. The molecule has 1 aromatic heterocycles. The number of likely N-dealkylation sites (tertiary alicyclic amines) is 1. The van der Waals surface area contributed by atoms with Crippen LogP contribution in [0.15, 0.2) is 42.5 Å². The van der Waals surface area contributed by atoms with Gasteiger partial charge >= 0.3 is 6.36 Å². The van der Waals surface area contributed by atoms with E-state index >= 15 is 0 Å². The number of thiazole rings is 1. The fourth-order valence-electron chi connectivity index (χ4n) is 3.22. The lowest BCUT2D eigenvalue weighted by atomic mass is 10.2. The number of carbonyl (C=O) groups is 1. The van der Waals surface area contributed by atoms with Gasteiger partial charge in [0.2, 0.25) is 0 Å². The quantitative estimate of drug-likeness (QED) is 0.618. The van der Waals surface area contributed by atoms with Gasteiger partial charge in [-0.15, -0.1) is 13.2 Å². The van der Waals surface area contributed by atoms with E-state index in [0.29, 0.717) is 34.9 Å². The van der Waals surface area contributed by atoms with Gasteiger partial charge in [-0.1, -0.05) is 23.5 Å². The van der Waals surface area contributed by atoms with Crippen LogP contribution in [0.25, 0.3) is 10.2 Å². The summed E-state index contributed by atoms with van der Waals surface area (Å²) >= 11 is 1.30. The number of fused-ring (bicyclic) bond motifs is 1. The summed E-state index contributed by atoms with van der Waals surface area (Å²) < 4.78 is 55.8. The number of ether oxygens (including phenoxy) is 1. The van der Waals surface area contributed by atoms with Crippen LogP contribution in [0, 0.1) is 5.82 Å². The first-order chi connectivity index (χ1) is 13.8. The third-order valence-electron chi connectivity index (χ3n) is 4.50. The lowest BCUT2D eigenvalue weighted by molar-refractivity contribution is -0.274. The molecule has 0 saturated carbocycles. The Balaban J connectivity index is 1.45. The molecule has 10 heteroatoms. The lowest BCUT2D eigenvalue weighted by Gasteiger charge is -2.19. The Morgan fingerprint density at radius 1 is 1.24 bits per heavy atom. The fraction of sp³-hybridized carbons (Fsp3) is 0.263. The van der Waals surface area contributed by atoms with Crippen LogP contribution in [0.4, 0.5) is 22.7 Å². The number of alkyl halides is 3. The molecule has 0 spiro atoms. The second-order valence-electron chi connectivity index (χ2n) is 6.56. The molecule has 1 saturated heterocycles. The number of carbonyl (C=O) groups excluding carboxylic acids is 1. The molecule has 1 atom stereocenters.